The van der Waals surface area contributed by atoms with Crippen molar-refractivity contribution < 1.29 is 9.53 Å². The monoisotopic (exact) mass is 250 g/mol. The fraction of sp³-hybridized carbons (Fsp3) is 0.643. The third kappa shape index (κ3) is 2.06. The van der Waals surface area contributed by atoms with Crippen molar-refractivity contribution in [2.75, 3.05) is 6.61 Å². The Balaban J connectivity index is 1.80. The Morgan fingerprint density at radius 2 is 2.41 bits per heavy atom. The molecule has 2 aliphatic rings. The lowest BCUT2D eigenvalue weighted by molar-refractivity contribution is -0.124. The molecule has 1 aliphatic carbocycles. The van der Waals surface area contributed by atoms with Crippen LogP contribution in [0, 0.1) is 5.92 Å². The Labute approximate surface area is 106 Å². The number of ketones is 1. The predicted molar refractivity (Wildman–Crippen MR) is 68.5 cm³/mol. The first-order chi connectivity index (χ1) is 8.25. The molecule has 1 saturated heterocycles. The van der Waals surface area contributed by atoms with Crippen LogP contribution in [0.15, 0.2) is 11.4 Å². The van der Waals surface area contributed by atoms with Crippen molar-refractivity contribution in [2.45, 2.75) is 44.6 Å². The molecule has 1 aromatic heterocycles. The third-order valence-electron chi connectivity index (χ3n) is 4.00. The van der Waals surface area contributed by atoms with Gasteiger partial charge in [0.25, 0.3) is 0 Å². The molecule has 3 atom stereocenters. The number of rotatable bonds is 2. The van der Waals surface area contributed by atoms with Crippen molar-refractivity contribution in [2.24, 2.45) is 5.92 Å². The molecule has 0 amide bonds. The quantitative estimate of drug-likeness (QED) is 0.806. The summed E-state index contributed by atoms with van der Waals surface area (Å²) in [5.74, 6) is 0.721. The maximum Gasteiger partial charge on any atom is 0.145 e. The number of thiophene rings is 1. The van der Waals surface area contributed by atoms with Gasteiger partial charge in [-0.2, -0.15) is 0 Å². The van der Waals surface area contributed by atoms with Crippen LogP contribution in [0.4, 0.5) is 0 Å². The Hall–Kier alpha value is -0.670. The zero-order chi connectivity index (χ0) is 11.8. The number of Topliss-reactive ketones (excluding diaryl/α,β-unsaturated/α-hetero) is 1. The van der Waals surface area contributed by atoms with Crippen LogP contribution in [0.1, 0.15) is 42.5 Å². The Kier molecular flexibility index (Phi) is 3.05. The molecule has 0 bridgehead atoms. The number of carbonyl (C=O) groups is 1. The lowest BCUT2D eigenvalue weighted by Crippen LogP contribution is -2.25. The Bertz CT molecular complexity index is 424. The average Bonchev–Trinajstić information content (AvgIpc) is 2.95. The van der Waals surface area contributed by atoms with E-state index in [0.29, 0.717) is 12.4 Å². The normalized spacial score (nSPS) is 32.4. The molecule has 2 heterocycles. The second-order valence-corrected chi connectivity index (χ2v) is 6.22. The highest BCUT2D eigenvalue weighted by atomic mass is 32.1. The summed E-state index contributed by atoms with van der Waals surface area (Å²) in [4.78, 5) is 14.0. The van der Waals surface area contributed by atoms with Gasteiger partial charge in [-0.15, -0.1) is 11.3 Å². The molecule has 0 spiro atoms. The van der Waals surface area contributed by atoms with Gasteiger partial charge >= 0.3 is 0 Å². The van der Waals surface area contributed by atoms with Crippen LogP contribution < -0.4 is 0 Å². The minimum atomic E-state index is 0.140. The summed E-state index contributed by atoms with van der Waals surface area (Å²) in [5, 5.41) is 2.13. The van der Waals surface area contributed by atoms with Crippen LogP contribution in [0.5, 0.6) is 0 Å². The second-order valence-electron chi connectivity index (χ2n) is 5.22. The second kappa shape index (κ2) is 4.54. The lowest BCUT2D eigenvalue weighted by Gasteiger charge is -2.23. The maximum atomic E-state index is 12.5. The molecule has 0 saturated carbocycles. The van der Waals surface area contributed by atoms with E-state index in [4.69, 9.17) is 4.74 Å². The summed E-state index contributed by atoms with van der Waals surface area (Å²) < 4.78 is 5.53. The van der Waals surface area contributed by atoms with E-state index in [-0.39, 0.29) is 17.9 Å². The first-order valence-corrected chi connectivity index (χ1v) is 7.35. The average molecular weight is 250 g/mol. The number of carbonyl (C=O) groups excluding carboxylic acids is 1. The zero-order valence-electron chi connectivity index (χ0n) is 10.1. The van der Waals surface area contributed by atoms with Crippen LogP contribution in [0.25, 0.3) is 0 Å². The number of hydrogen-bond acceptors (Lipinski definition) is 3. The molecular weight excluding hydrogens is 232 g/mol. The molecule has 3 rings (SSSR count). The molecule has 92 valence electrons. The topological polar surface area (TPSA) is 26.3 Å². The minimum absolute atomic E-state index is 0.140. The summed E-state index contributed by atoms with van der Waals surface area (Å²) in [5.41, 5.74) is 1.31. The molecule has 1 fully saturated rings. The van der Waals surface area contributed by atoms with E-state index >= 15 is 0 Å². The number of hydrogen-bond donors (Lipinski definition) is 0. The molecular formula is C14H18O2S. The minimum Gasteiger partial charge on any atom is -0.378 e. The lowest BCUT2D eigenvalue weighted by atomic mass is 9.80. The standard InChI is InChI=1S/C14H18O2S/c1-9-7-10(8-16-9)14(15)12-3-2-4-13-11(12)5-6-17-13/h5-6,9-10,12H,2-4,7-8H2,1H3. The first-order valence-electron chi connectivity index (χ1n) is 6.47. The van der Waals surface area contributed by atoms with Gasteiger partial charge in [0.1, 0.15) is 5.78 Å². The highest BCUT2D eigenvalue weighted by Crippen LogP contribution is 2.38. The fourth-order valence-electron chi connectivity index (χ4n) is 3.08. The Morgan fingerprint density at radius 1 is 1.53 bits per heavy atom. The van der Waals surface area contributed by atoms with E-state index in [1.165, 1.54) is 10.4 Å². The highest BCUT2D eigenvalue weighted by Gasteiger charge is 2.35. The van der Waals surface area contributed by atoms with Gasteiger partial charge in [0.05, 0.1) is 12.7 Å². The SMILES string of the molecule is CC1CC(C(=O)C2CCCc3sccc32)CO1. The third-order valence-corrected chi connectivity index (χ3v) is 4.99. The molecule has 17 heavy (non-hydrogen) atoms. The molecule has 3 unspecified atom stereocenters. The predicted octanol–water partition coefficient (Wildman–Crippen LogP) is 3.16. The molecule has 0 N–H and O–H groups in total. The van der Waals surface area contributed by atoms with Gasteiger partial charge < -0.3 is 4.74 Å². The van der Waals surface area contributed by atoms with Gasteiger partial charge in [-0.3, -0.25) is 4.79 Å². The first kappa shape index (κ1) is 11.4. The summed E-state index contributed by atoms with van der Waals surface area (Å²) in [6.07, 6.45) is 4.53. The van der Waals surface area contributed by atoms with Gasteiger partial charge in [0, 0.05) is 16.7 Å². The van der Waals surface area contributed by atoms with Gasteiger partial charge in [-0.25, -0.2) is 0 Å². The summed E-state index contributed by atoms with van der Waals surface area (Å²) in [7, 11) is 0. The molecule has 1 aromatic rings. The van der Waals surface area contributed by atoms with Crippen molar-refractivity contribution in [3.8, 4) is 0 Å². The van der Waals surface area contributed by atoms with E-state index in [9.17, 15) is 4.79 Å². The highest BCUT2D eigenvalue weighted by molar-refractivity contribution is 7.10. The van der Waals surface area contributed by atoms with Crippen LogP contribution in [0.3, 0.4) is 0 Å². The van der Waals surface area contributed by atoms with Crippen molar-refractivity contribution in [3.63, 3.8) is 0 Å². The van der Waals surface area contributed by atoms with Crippen LogP contribution in [0.2, 0.25) is 0 Å². The maximum absolute atomic E-state index is 12.5. The van der Waals surface area contributed by atoms with E-state index in [1.54, 1.807) is 11.3 Å². The van der Waals surface area contributed by atoms with E-state index < -0.39 is 0 Å². The number of ether oxygens (including phenoxy) is 1. The zero-order valence-corrected chi connectivity index (χ0v) is 11.0. The van der Waals surface area contributed by atoms with Gasteiger partial charge in [-0.1, -0.05) is 0 Å². The number of fused-ring (bicyclic) bond motifs is 1. The van der Waals surface area contributed by atoms with Crippen LogP contribution in [-0.4, -0.2) is 18.5 Å². The van der Waals surface area contributed by atoms with Crippen LogP contribution >= 0.6 is 11.3 Å². The van der Waals surface area contributed by atoms with Gasteiger partial charge in [0.2, 0.25) is 0 Å². The molecule has 0 radical (unpaired) electrons. The van der Waals surface area contributed by atoms with Gasteiger partial charge in [0.15, 0.2) is 0 Å². The molecule has 2 nitrogen and oxygen atoms in total. The van der Waals surface area contributed by atoms with E-state index in [2.05, 4.69) is 18.4 Å². The van der Waals surface area contributed by atoms with Crippen molar-refractivity contribution in [3.05, 3.63) is 21.9 Å². The van der Waals surface area contributed by atoms with Crippen molar-refractivity contribution >= 4 is 17.1 Å². The fourth-order valence-corrected chi connectivity index (χ4v) is 4.07. The van der Waals surface area contributed by atoms with E-state index in [1.807, 2.05) is 0 Å². The van der Waals surface area contributed by atoms with Crippen molar-refractivity contribution in [1.82, 2.24) is 0 Å². The Morgan fingerprint density at radius 3 is 3.18 bits per heavy atom. The summed E-state index contributed by atoms with van der Waals surface area (Å²) >= 11 is 1.81. The molecule has 0 aromatic carbocycles. The van der Waals surface area contributed by atoms with Gasteiger partial charge in [-0.05, 0) is 49.6 Å². The smallest absolute Gasteiger partial charge is 0.145 e. The summed E-state index contributed by atoms with van der Waals surface area (Å²) in [6.45, 7) is 2.69. The largest absolute Gasteiger partial charge is 0.378 e. The van der Waals surface area contributed by atoms with Crippen LogP contribution in [-0.2, 0) is 16.0 Å². The van der Waals surface area contributed by atoms with E-state index in [0.717, 1.165) is 25.7 Å². The van der Waals surface area contributed by atoms with Crippen molar-refractivity contribution in [1.29, 1.82) is 0 Å². The molecule has 3 heteroatoms. The molecule has 1 aliphatic heterocycles. The number of aryl methyl sites for hydroxylation is 1. The summed E-state index contributed by atoms with van der Waals surface area (Å²) in [6, 6.07) is 2.15.